The van der Waals surface area contributed by atoms with Crippen LogP contribution < -0.4 is 11.1 Å². The Hall–Kier alpha value is -3.41. The molecule has 3 atom stereocenters. The molecule has 1 aliphatic rings. The minimum atomic E-state index is -1.20. The van der Waals surface area contributed by atoms with E-state index < -0.39 is 17.5 Å². The minimum Gasteiger partial charge on any atom is -0.396 e. The highest BCUT2D eigenvalue weighted by Crippen LogP contribution is 2.37. The molecule has 0 saturated carbocycles. The van der Waals surface area contributed by atoms with Gasteiger partial charge in [-0.05, 0) is 57.5 Å². The lowest BCUT2D eigenvalue weighted by atomic mass is 9.89. The Labute approximate surface area is 213 Å². The van der Waals surface area contributed by atoms with Crippen LogP contribution in [0.5, 0.6) is 0 Å². The van der Waals surface area contributed by atoms with Gasteiger partial charge < -0.3 is 26.5 Å². The molecule has 0 bridgehead atoms. The first-order valence-corrected chi connectivity index (χ1v) is 12.5. The maximum absolute atomic E-state index is 13.3. The quantitative estimate of drug-likeness (QED) is 0.235. The van der Waals surface area contributed by atoms with Crippen molar-refractivity contribution in [2.45, 2.75) is 38.5 Å². The Morgan fingerprint density at radius 3 is 2.78 bits per heavy atom. The van der Waals surface area contributed by atoms with E-state index in [0.29, 0.717) is 23.5 Å². The van der Waals surface area contributed by atoms with E-state index in [0.717, 1.165) is 28.4 Å². The van der Waals surface area contributed by atoms with Crippen molar-refractivity contribution in [1.82, 2.24) is 19.8 Å². The Balaban J connectivity index is 1.61. The fourth-order valence-electron chi connectivity index (χ4n) is 4.28. The van der Waals surface area contributed by atoms with Crippen LogP contribution in [-0.2, 0) is 15.3 Å². The zero-order valence-electron chi connectivity index (χ0n) is 20.8. The van der Waals surface area contributed by atoms with Crippen molar-refractivity contribution in [3.63, 3.8) is 0 Å². The van der Waals surface area contributed by atoms with Crippen LogP contribution in [0, 0.1) is 11.3 Å². The van der Waals surface area contributed by atoms with Crippen LogP contribution in [0.25, 0.3) is 10.2 Å². The lowest BCUT2D eigenvalue weighted by Gasteiger charge is -2.38. The molecular formula is C25H31N7O3S. The van der Waals surface area contributed by atoms with Gasteiger partial charge in [-0.15, -0.1) is 11.3 Å². The van der Waals surface area contributed by atoms with Crippen LogP contribution >= 0.6 is 11.3 Å². The van der Waals surface area contributed by atoms with Crippen molar-refractivity contribution in [1.29, 1.82) is 5.41 Å². The maximum atomic E-state index is 13.3. The summed E-state index contributed by atoms with van der Waals surface area (Å²) in [5.41, 5.74) is 7.18. The van der Waals surface area contributed by atoms with Gasteiger partial charge >= 0.3 is 11.8 Å². The van der Waals surface area contributed by atoms with Gasteiger partial charge in [-0.2, -0.15) is 0 Å². The topological polar surface area (TPSA) is 149 Å². The summed E-state index contributed by atoms with van der Waals surface area (Å²) in [5, 5.41) is 21.4. The predicted octanol–water partition coefficient (Wildman–Crippen LogP) is 2.94. The number of aromatic nitrogens is 2. The average molecular weight is 510 g/mol. The van der Waals surface area contributed by atoms with Gasteiger partial charge in [-0.1, -0.05) is 13.0 Å². The van der Waals surface area contributed by atoms with Gasteiger partial charge in [-0.3, -0.25) is 19.5 Å². The summed E-state index contributed by atoms with van der Waals surface area (Å²) >= 11 is 1.42. The monoisotopic (exact) mass is 509 g/mol. The van der Waals surface area contributed by atoms with E-state index in [1.54, 1.807) is 30.8 Å². The van der Waals surface area contributed by atoms with Crippen LogP contribution in [0.15, 0.2) is 30.6 Å². The van der Waals surface area contributed by atoms with Crippen molar-refractivity contribution in [2.75, 3.05) is 31.7 Å². The summed E-state index contributed by atoms with van der Waals surface area (Å²) in [4.78, 5) is 38.2. The molecule has 0 unspecified atom stereocenters. The van der Waals surface area contributed by atoms with Gasteiger partial charge in [0.05, 0.1) is 33.8 Å². The molecule has 11 heteroatoms. The molecule has 3 heterocycles. The highest BCUT2D eigenvalue weighted by Gasteiger charge is 2.35. The molecule has 10 nitrogen and oxygen atoms in total. The highest BCUT2D eigenvalue weighted by atomic mass is 32.1. The van der Waals surface area contributed by atoms with E-state index in [-0.39, 0.29) is 23.3 Å². The summed E-state index contributed by atoms with van der Waals surface area (Å²) in [6.45, 7) is 4.21. The number of carbonyl (C=O) groups is 2. The molecule has 3 aromatic rings. The third-order valence-electron chi connectivity index (χ3n) is 6.77. The second-order valence-electron chi connectivity index (χ2n) is 9.61. The van der Waals surface area contributed by atoms with Crippen molar-refractivity contribution >= 4 is 51.0 Å². The molecule has 0 radical (unpaired) electrons. The number of nitrogens with zero attached hydrogens (tertiary/aromatic N) is 4. The van der Waals surface area contributed by atoms with Gasteiger partial charge in [0.2, 0.25) is 0 Å². The van der Waals surface area contributed by atoms with Gasteiger partial charge in [0.15, 0.2) is 5.72 Å². The number of fused-ring (bicyclic) bond motifs is 1. The zero-order valence-corrected chi connectivity index (χ0v) is 21.6. The zero-order chi connectivity index (χ0) is 26.2. The largest absolute Gasteiger partial charge is 0.396 e. The standard InChI is InChI=1S/C25H31N7O3S/c1-14-5-7-19(15-6-8-20-17(9-15)30-24(36-20)25(2,35)31(3)4)32(13-14)23(34)22(33)29-18-12-28-11-16(10-26)21(18)27/h6,8-12,14,19,26,35H,5,7,13H2,1-4H3,(H2,27,28)(H,29,33)/t14-,19+,25-/m0/s1. The smallest absolute Gasteiger partial charge is 0.314 e. The number of carbonyl (C=O) groups excluding carboxylic acids is 2. The third kappa shape index (κ3) is 4.81. The molecule has 36 heavy (non-hydrogen) atoms. The Morgan fingerprint density at radius 1 is 1.33 bits per heavy atom. The molecule has 0 spiro atoms. The van der Waals surface area contributed by atoms with Crippen molar-refractivity contribution in [3.05, 3.63) is 46.7 Å². The molecule has 0 aliphatic carbocycles. The fraction of sp³-hybridized carbons (Fsp3) is 0.400. The maximum Gasteiger partial charge on any atom is 0.314 e. The first-order valence-electron chi connectivity index (χ1n) is 11.7. The number of piperidine rings is 1. The van der Waals surface area contributed by atoms with E-state index in [9.17, 15) is 14.7 Å². The number of pyridine rings is 1. The molecular weight excluding hydrogens is 478 g/mol. The van der Waals surface area contributed by atoms with E-state index in [2.05, 4.69) is 22.2 Å². The summed E-state index contributed by atoms with van der Waals surface area (Å²) in [6.07, 6.45) is 5.45. The number of benzene rings is 1. The molecule has 4 rings (SSSR count). The second kappa shape index (κ2) is 9.92. The van der Waals surface area contributed by atoms with E-state index >= 15 is 0 Å². The average Bonchev–Trinajstić information content (AvgIpc) is 3.29. The number of nitrogens with two attached hydrogens (primary N) is 1. The molecule has 2 amide bonds. The van der Waals surface area contributed by atoms with Crippen LogP contribution in [0.1, 0.15) is 48.9 Å². The summed E-state index contributed by atoms with van der Waals surface area (Å²) in [7, 11) is 3.58. The summed E-state index contributed by atoms with van der Waals surface area (Å²) in [6, 6.07) is 5.57. The number of aliphatic hydroxyl groups is 1. The Bertz CT molecular complexity index is 1320. The lowest BCUT2D eigenvalue weighted by Crippen LogP contribution is -2.46. The molecule has 1 saturated heterocycles. The molecule has 1 aliphatic heterocycles. The molecule has 190 valence electrons. The normalized spacial score (nSPS) is 19.8. The first-order chi connectivity index (χ1) is 17.0. The van der Waals surface area contributed by atoms with Crippen molar-refractivity contribution in [3.8, 4) is 0 Å². The second-order valence-corrected chi connectivity index (χ2v) is 10.6. The van der Waals surface area contributed by atoms with Crippen molar-refractivity contribution < 1.29 is 14.7 Å². The number of anilines is 2. The SMILES string of the molecule is C[C@H]1CC[C@H](c2ccc3sc([C@](C)(O)N(C)C)nc3c2)N(C(=O)C(=O)Nc2cncc(C=N)c2N)C1. The number of rotatable bonds is 5. The van der Waals surface area contributed by atoms with Crippen molar-refractivity contribution in [2.24, 2.45) is 5.92 Å². The summed E-state index contributed by atoms with van der Waals surface area (Å²) in [5.74, 6) is -1.21. The Morgan fingerprint density at radius 2 is 2.08 bits per heavy atom. The minimum absolute atomic E-state index is 0.183. The Kier molecular flexibility index (Phi) is 7.07. The number of hydrogen-bond donors (Lipinski definition) is 4. The van der Waals surface area contributed by atoms with Crippen LogP contribution in [-0.4, -0.2) is 63.5 Å². The molecule has 2 aromatic heterocycles. The van der Waals surface area contributed by atoms with Crippen LogP contribution in [0.4, 0.5) is 11.4 Å². The first kappa shape index (κ1) is 25.7. The molecule has 1 aromatic carbocycles. The van der Waals surface area contributed by atoms with E-state index in [1.165, 1.54) is 23.7 Å². The number of nitrogens with one attached hydrogen (secondary N) is 2. The van der Waals surface area contributed by atoms with Gasteiger partial charge in [0.25, 0.3) is 0 Å². The van der Waals surface area contributed by atoms with Gasteiger partial charge in [-0.25, -0.2) is 4.98 Å². The van der Waals surface area contributed by atoms with E-state index in [4.69, 9.17) is 11.1 Å². The predicted molar refractivity (Wildman–Crippen MR) is 141 cm³/mol. The van der Waals surface area contributed by atoms with Gasteiger partial charge in [0.1, 0.15) is 5.01 Å². The lowest BCUT2D eigenvalue weighted by molar-refractivity contribution is -0.146. The van der Waals surface area contributed by atoms with E-state index in [1.807, 2.05) is 18.2 Å². The molecule has 5 N–H and O–H groups in total. The molecule has 1 fully saturated rings. The number of thiazole rings is 1. The van der Waals surface area contributed by atoms with Crippen LogP contribution in [0.2, 0.25) is 0 Å². The summed E-state index contributed by atoms with van der Waals surface area (Å²) < 4.78 is 0.935. The van der Waals surface area contributed by atoms with Gasteiger partial charge in [0, 0.05) is 24.5 Å². The third-order valence-corrected chi connectivity index (χ3v) is 8.00. The van der Waals surface area contributed by atoms with Crippen LogP contribution in [0.3, 0.4) is 0 Å². The number of hydrogen-bond acceptors (Lipinski definition) is 9. The number of amides is 2. The number of nitrogen functional groups attached to an aromatic ring is 1. The fourth-order valence-corrected chi connectivity index (χ4v) is 5.35. The number of likely N-dealkylation sites (tertiary alicyclic amines) is 1. The highest BCUT2D eigenvalue weighted by molar-refractivity contribution is 7.18.